The van der Waals surface area contributed by atoms with Gasteiger partial charge in [0.05, 0.1) is 18.8 Å². The summed E-state index contributed by atoms with van der Waals surface area (Å²) in [6, 6.07) is 11.9. The molecule has 3 aromatic rings. The Morgan fingerprint density at radius 1 is 1.19 bits per heavy atom. The summed E-state index contributed by atoms with van der Waals surface area (Å²) in [7, 11) is 1.72. The number of benzene rings is 1. The second kappa shape index (κ2) is 10.0. The smallest absolute Gasteiger partial charge is 0.191 e. The van der Waals surface area contributed by atoms with Crippen LogP contribution in [-0.4, -0.2) is 32.9 Å². The minimum atomic E-state index is 0. The van der Waals surface area contributed by atoms with Crippen LogP contribution >= 0.6 is 24.0 Å². The van der Waals surface area contributed by atoms with Gasteiger partial charge in [-0.25, -0.2) is 0 Å². The first-order valence-corrected chi connectivity index (χ1v) is 8.51. The van der Waals surface area contributed by atoms with Crippen LogP contribution < -0.4 is 10.6 Å². The lowest BCUT2D eigenvalue weighted by atomic mass is 10.1. The van der Waals surface area contributed by atoms with Crippen molar-refractivity contribution in [2.75, 3.05) is 7.05 Å². The van der Waals surface area contributed by atoms with Crippen molar-refractivity contribution < 1.29 is 4.52 Å². The summed E-state index contributed by atoms with van der Waals surface area (Å²) in [4.78, 5) is 4.22. The molecule has 0 spiro atoms. The Hall–Kier alpha value is -2.43. The van der Waals surface area contributed by atoms with E-state index < -0.39 is 0 Å². The zero-order valence-electron chi connectivity index (χ0n) is 15.6. The van der Waals surface area contributed by atoms with Crippen LogP contribution in [0.25, 0.3) is 5.69 Å². The summed E-state index contributed by atoms with van der Waals surface area (Å²) in [6.45, 7) is 5.16. The predicted octanol–water partition coefficient (Wildman–Crippen LogP) is 2.86. The quantitative estimate of drug-likeness (QED) is 0.320. The number of rotatable bonds is 6. The second-order valence-corrected chi connectivity index (χ2v) is 6.10. The standard InChI is InChI=1S/C18H23N7O.HI/c1-13(2)16-9-15(26-24-16)10-20-18(19-3)21-11-17-23-22-12-25(17)14-7-5-4-6-8-14;/h4-9,12-13H,10-11H2,1-3H3,(H2,19,20,21);1H. The normalized spacial score (nSPS) is 11.3. The van der Waals surface area contributed by atoms with Crippen molar-refractivity contribution in [2.24, 2.45) is 4.99 Å². The fourth-order valence-electron chi connectivity index (χ4n) is 2.42. The van der Waals surface area contributed by atoms with Gasteiger partial charge in [-0.2, -0.15) is 0 Å². The highest BCUT2D eigenvalue weighted by atomic mass is 127. The Balaban J connectivity index is 0.00000261. The van der Waals surface area contributed by atoms with Crippen molar-refractivity contribution >= 4 is 29.9 Å². The van der Waals surface area contributed by atoms with Crippen LogP contribution in [0.1, 0.15) is 37.0 Å². The molecule has 0 atom stereocenters. The summed E-state index contributed by atoms with van der Waals surface area (Å²) in [5.41, 5.74) is 1.96. The van der Waals surface area contributed by atoms with Crippen molar-refractivity contribution in [1.82, 2.24) is 30.6 Å². The number of hydrogen-bond acceptors (Lipinski definition) is 5. The fraction of sp³-hybridized carbons (Fsp3) is 0.333. The molecule has 0 radical (unpaired) electrons. The molecule has 1 aromatic carbocycles. The van der Waals surface area contributed by atoms with Crippen molar-refractivity contribution in [2.45, 2.75) is 32.9 Å². The van der Waals surface area contributed by atoms with E-state index >= 15 is 0 Å². The second-order valence-electron chi connectivity index (χ2n) is 6.10. The lowest BCUT2D eigenvalue weighted by Crippen LogP contribution is -2.36. The molecule has 144 valence electrons. The van der Waals surface area contributed by atoms with E-state index in [-0.39, 0.29) is 24.0 Å². The highest BCUT2D eigenvalue weighted by Gasteiger charge is 2.10. The average molecular weight is 481 g/mol. The van der Waals surface area contributed by atoms with Gasteiger partial charge in [-0.15, -0.1) is 34.2 Å². The Bertz CT molecular complexity index is 857. The van der Waals surface area contributed by atoms with Crippen molar-refractivity contribution in [3.8, 4) is 5.69 Å². The minimum absolute atomic E-state index is 0. The Morgan fingerprint density at radius 2 is 1.93 bits per heavy atom. The molecular formula is C18H24IN7O. The van der Waals surface area contributed by atoms with Gasteiger partial charge < -0.3 is 15.2 Å². The predicted molar refractivity (Wildman–Crippen MR) is 114 cm³/mol. The number of hydrogen-bond donors (Lipinski definition) is 2. The molecule has 0 aliphatic carbocycles. The SMILES string of the molecule is CN=C(NCc1cc(C(C)C)no1)NCc1nncn1-c1ccccc1.I. The first kappa shape index (κ1) is 20.9. The van der Waals surface area contributed by atoms with Crippen LogP contribution in [0.3, 0.4) is 0 Å². The maximum absolute atomic E-state index is 5.33. The third kappa shape index (κ3) is 5.52. The molecule has 0 aliphatic heterocycles. The number of aliphatic imine (C=N–C) groups is 1. The van der Waals surface area contributed by atoms with Crippen LogP contribution in [0.4, 0.5) is 0 Å². The summed E-state index contributed by atoms with van der Waals surface area (Å²) in [5, 5.41) is 18.7. The fourth-order valence-corrected chi connectivity index (χ4v) is 2.42. The van der Waals surface area contributed by atoms with E-state index in [0.29, 0.717) is 25.0 Å². The van der Waals surface area contributed by atoms with Gasteiger partial charge in [-0.05, 0) is 18.1 Å². The largest absolute Gasteiger partial charge is 0.359 e. The number of halogens is 1. The topological polar surface area (TPSA) is 93.2 Å². The summed E-state index contributed by atoms with van der Waals surface area (Å²) >= 11 is 0. The van der Waals surface area contributed by atoms with Gasteiger partial charge in [0.1, 0.15) is 6.33 Å². The Morgan fingerprint density at radius 3 is 2.59 bits per heavy atom. The van der Waals surface area contributed by atoms with Gasteiger partial charge in [0.15, 0.2) is 17.5 Å². The van der Waals surface area contributed by atoms with Gasteiger partial charge in [0.25, 0.3) is 0 Å². The molecule has 2 aromatic heterocycles. The molecule has 0 saturated carbocycles. The van der Waals surface area contributed by atoms with Crippen molar-refractivity contribution in [1.29, 1.82) is 0 Å². The average Bonchev–Trinajstić information content (AvgIpc) is 3.32. The molecule has 9 heteroatoms. The zero-order valence-corrected chi connectivity index (χ0v) is 17.9. The number of para-hydroxylation sites is 1. The number of nitrogens with zero attached hydrogens (tertiary/aromatic N) is 5. The number of aromatic nitrogens is 4. The lowest BCUT2D eigenvalue weighted by Gasteiger charge is -2.11. The maximum Gasteiger partial charge on any atom is 0.191 e. The highest BCUT2D eigenvalue weighted by molar-refractivity contribution is 14.0. The zero-order chi connectivity index (χ0) is 18.4. The van der Waals surface area contributed by atoms with E-state index in [2.05, 4.69) is 44.8 Å². The summed E-state index contributed by atoms with van der Waals surface area (Å²) < 4.78 is 7.26. The van der Waals surface area contributed by atoms with Crippen LogP contribution in [0.2, 0.25) is 0 Å². The minimum Gasteiger partial charge on any atom is -0.359 e. The molecule has 0 bridgehead atoms. The van der Waals surface area contributed by atoms with Gasteiger partial charge in [0, 0.05) is 18.8 Å². The van der Waals surface area contributed by atoms with Crippen LogP contribution in [0, 0.1) is 0 Å². The molecule has 2 N–H and O–H groups in total. The van der Waals surface area contributed by atoms with E-state index in [1.165, 1.54) is 0 Å². The van der Waals surface area contributed by atoms with Gasteiger partial charge in [-0.3, -0.25) is 9.56 Å². The van der Waals surface area contributed by atoms with Crippen LogP contribution in [-0.2, 0) is 13.1 Å². The van der Waals surface area contributed by atoms with E-state index in [1.807, 2.05) is 41.0 Å². The lowest BCUT2D eigenvalue weighted by molar-refractivity contribution is 0.372. The van der Waals surface area contributed by atoms with Gasteiger partial charge in [-0.1, -0.05) is 37.2 Å². The molecule has 8 nitrogen and oxygen atoms in total. The molecule has 0 fully saturated rings. The maximum atomic E-state index is 5.33. The summed E-state index contributed by atoms with van der Waals surface area (Å²) in [5.74, 6) is 2.55. The molecular weight excluding hydrogens is 457 g/mol. The Kier molecular flexibility index (Phi) is 7.77. The molecule has 3 rings (SSSR count). The summed E-state index contributed by atoms with van der Waals surface area (Å²) in [6.07, 6.45) is 1.70. The molecule has 2 heterocycles. The van der Waals surface area contributed by atoms with Crippen LogP contribution in [0.15, 0.2) is 52.2 Å². The third-order valence-electron chi connectivity index (χ3n) is 3.89. The monoisotopic (exact) mass is 481 g/mol. The molecule has 27 heavy (non-hydrogen) atoms. The van der Waals surface area contributed by atoms with Crippen molar-refractivity contribution in [3.05, 3.63) is 60.0 Å². The number of guanidine groups is 1. The number of nitrogens with one attached hydrogen (secondary N) is 2. The van der Waals surface area contributed by atoms with E-state index in [0.717, 1.165) is 23.0 Å². The highest BCUT2D eigenvalue weighted by Crippen LogP contribution is 2.13. The van der Waals surface area contributed by atoms with Crippen LogP contribution in [0.5, 0.6) is 0 Å². The first-order chi connectivity index (χ1) is 12.7. The van der Waals surface area contributed by atoms with Gasteiger partial charge >= 0.3 is 0 Å². The molecule has 0 unspecified atom stereocenters. The van der Waals surface area contributed by atoms with E-state index in [4.69, 9.17) is 4.52 Å². The van der Waals surface area contributed by atoms with Gasteiger partial charge in [0.2, 0.25) is 0 Å². The molecule has 0 amide bonds. The van der Waals surface area contributed by atoms with E-state index in [1.54, 1.807) is 13.4 Å². The van der Waals surface area contributed by atoms with Crippen molar-refractivity contribution in [3.63, 3.8) is 0 Å². The Labute approximate surface area is 175 Å². The molecule has 0 aliphatic rings. The molecule has 0 saturated heterocycles. The third-order valence-corrected chi connectivity index (χ3v) is 3.89. The van der Waals surface area contributed by atoms with E-state index in [9.17, 15) is 0 Å². The first-order valence-electron chi connectivity index (χ1n) is 8.51.